The molecule has 1 aliphatic rings. The van der Waals surface area contributed by atoms with E-state index in [-0.39, 0.29) is 11.6 Å². The van der Waals surface area contributed by atoms with Gasteiger partial charge in [-0.15, -0.1) is 0 Å². The highest BCUT2D eigenvalue weighted by Crippen LogP contribution is 2.36. The highest BCUT2D eigenvalue weighted by Gasteiger charge is 2.37. The molecule has 13 heteroatoms. The van der Waals surface area contributed by atoms with Gasteiger partial charge in [0.2, 0.25) is 5.88 Å². The number of nitrogens with one attached hydrogen (secondary N) is 1. The van der Waals surface area contributed by atoms with Gasteiger partial charge in [0.1, 0.15) is 5.75 Å². The summed E-state index contributed by atoms with van der Waals surface area (Å²) in [4.78, 5) is 5.93. The van der Waals surface area contributed by atoms with E-state index in [1.165, 1.54) is 18.9 Å². The molecule has 1 fully saturated rings. The van der Waals surface area contributed by atoms with Crippen molar-refractivity contribution in [3.8, 4) is 23.1 Å². The van der Waals surface area contributed by atoms with Crippen molar-refractivity contribution in [1.82, 2.24) is 9.88 Å². The van der Waals surface area contributed by atoms with E-state index in [2.05, 4.69) is 16.8 Å². The standard InChI is InChI=1S/C32H33F4N3O5S/c1-21-7-5-14-39(20-21)15-6-16-43-29-19-27-22(17-28(29)42-2)10-13-31(37-27)44-23-11-12-26(25(33)18-23)38-45(40,41)30-9-4-3-8-24(30)32(34,35)36/h3-4,8-13,17-19,21,38H,5-7,14-16,20H2,1-2H3. The highest BCUT2D eigenvalue weighted by molar-refractivity contribution is 7.92. The molecular weight excluding hydrogens is 614 g/mol. The lowest BCUT2D eigenvalue weighted by Crippen LogP contribution is -2.35. The number of nitrogens with zero attached hydrogens (tertiary/aromatic N) is 2. The Balaban J connectivity index is 1.27. The van der Waals surface area contributed by atoms with E-state index in [4.69, 9.17) is 14.2 Å². The number of halogens is 4. The maximum Gasteiger partial charge on any atom is 0.417 e. The summed E-state index contributed by atoms with van der Waals surface area (Å²) in [6, 6.07) is 13.7. The number of pyridine rings is 1. The van der Waals surface area contributed by atoms with E-state index >= 15 is 0 Å². The zero-order valence-corrected chi connectivity index (χ0v) is 25.6. The smallest absolute Gasteiger partial charge is 0.417 e. The molecule has 0 radical (unpaired) electrons. The van der Waals surface area contributed by atoms with Gasteiger partial charge in [-0.05, 0) is 68.1 Å². The minimum atomic E-state index is -4.92. The van der Waals surface area contributed by atoms with Crippen molar-refractivity contribution in [1.29, 1.82) is 0 Å². The maximum atomic E-state index is 14.9. The summed E-state index contributed by atoms with van der Waals surface area (Å²) in [5.41, 5.74) is -1.37. The van der Waals surface area contributed by atoms with Gasteiger partial charge < -0.3 is 19.1 Å². The van der Waals surface area contributed by atoms with Gasteiger partial charge in [-0.2, -0.15) is 13.2 Å². The van der Waals surface area contributed by atoms with Crippen molar-refractivity contribution in [3.05, 3.63) is 78.1 Å². The summed E-state index contributed by atoms with van der Waals surface area (Å²) in [7, 11) is -3.20. The number of piperidine rings is 1. The van der Waals surface area contributed by atoms with Crippen LogP contribution in [0.5, 0.6) is 23.1 Å². The number of hydrogen-bond donors (Lipinski definition) is 1. The highest BCUT2D eigenvalue weighted by atomic mass is 32.2. The molecule has 1 saturated heterocycles. The number of likely N-dealkylation sites (tertiary alicyclic amines) is 1. The molecule has 2 heterocycles. The molecule has 0 bridgehead atoms. The topological polar surface area (TPSA) is 90.0 Å². The Morgan fingerprint density at radius 2 is 1.84 bits per heavy atom. The number of ether oxygens (including phenoxy) is 3. The van der Waals surface area contributed by atoms with Crippen LogP contribution in [0.2, 0.25) is 0 Å². The van der Waals surface area contributed by atoms with Gasteiger partial charge in [-0.1, -0.05) is 19.1 Å². The average molecular weight is 648 g/mol. The summed E-state index contributed by atoms with van der Waals surface area (Å²) >= 11 is 0. The fraction of sp³-hybridized carbons (Fsp3) is 0.344. The van der Waals surface area contributed by atoms with Crippen LogP contribution in [0.4, 0.5) is 23.2 Å². The molecule has 4 aromatic rings. The molecule has 1 atom stereocenters. The molecule has 3 aromatic carbocycles. The predicted octanol–water partition coefficient (Wildman–Crippen LogP) is 7.50. The van der Waals surface area contributed by atoms with E-state index < -0.39 is 38.2 Å². The zero-order chi connectivity index (χ0) is 32.2. The Morgan fingerprint density at radius 3 is 2.58 bits per heavy atom. The van der Waals surface area contributed by atoms with Crippen LogP contribution in [-0.2, 0) is 16.2 Å². The van der Waals surface area contributed by atoms with E-state index in [1.54, 1.807) is 31.4 Å². The van der Waals surface area contributed by atoms with Gasteiger partial charge in [0, 0.05) is 36.7 Å². The van der Waals surface area contributed by atoms with Crippen LogP contribution in [0.15, 0.2) is 71.6 Å². The summed E-state index contributed by atoms with van der Waals surface area (Å²) in [6.45, 7) is 5.93. The third-order valence-corrected chi connectivity index (χ3v) is 8.88. The Kier molecular flexibility index (Phi) is 9.68. The number of anilines is 1. The van der Waals surface area contributed by atoms with Crippen molar-refractivity contribution in [2.24, 2.45) is 5.92 Å². The molecule has 8 nitrogen and oxygen atoms in total. The Hall–Kier alpha value is -4.10. The van der Waals surface area contributed by atoms with Gasteiger partial charge >= 0.3 is 6.18 Å². The lowest BCUT2D eigenvalue weighted by Gasteiger charge is -2.30. The molecule has 0 aliphatic carbocycles. The Labute approximate surface area is 259 Å². The van der Waals surface area contributed by atoms with E-state index in [1.807, 2.05) is 4.72 Å². The normalized spacial score (nSPS) is 16.0. The SMILES string of the molecule is COc1cc2ccc(Oc3ccc(NS(=O)(=O)c4ccccc4C(F)(F)F)c(F)c3)nc2cc1OCCCN1CCCC(C)C1. The van der Waals surface area contributed by atoms with Crippen molar-refractivity contribution in [2.75, 3.05) is 38.1 Å². The van der Waals surface area contributed by atoms with Crippen LogP contribution in [0.3, 0.4) is 0 Å². The van der Waals surface area contributed by atoms with Crippen molar-refractivity contribution in [2.45, 2.75) is 37.3 Å². The van der Waals surface area contributed by atoms with Gasteiger partial charge in [0.05, 0.1) is 35.4 Å². The van der Waals surface area contributed by atoms with Crippen LogP contribution in [0.1, 0.15) is 31.7 Å². The molecule has 0 amide bonds. The number of aromatic nitrogens is 1. The predicted molar refractivity (Wildman–Crippen MR) is 162 cm³/mol. The average Bonchev–Trinajstić information content (AvgIpc) is 3.00. The molecular formula is C32H33F4N3O5S. The molecule has 0 spiro atoms. The lowest BCUT2D eigenvalue weighted by molar-refractivity contribution is -0.139. The largest absolute Gasteiger partial charge is 0.493 e. The Bertz CT molecular complexity index is 1770. The first-order valence-corrected chi connectivity index (χ1v) is 15.9. The van der Waals surface area contributed by atoms with Gasteiger partial charge in [0.15, 0.2) is 17.3 Å². The zero-order valence-electron chi connectivity index (χ0n) is 24.7. The van der Waals surface area contributed by atoms with E-state index in [9.17, 15) is 26.0 Å². The summed E-state index contributed by atoms with van der Waals surface area (Å²) in [5, 5.41) is 0.754. The molecule has 1 aromatic heterocycles. The molecule has 1 N–H and O–H groups in total. The second-order valence-corrected chi connectivity index (χ2v) is 12.6. The molecule has 45 heavy (non-hydrogen) atoms. The number of hydrogen-bond acceptors (Lipinski definition) is 7. The fourth-order valence-electron chi connectivity index (χ4n) is 5.30. The van der Waals surface area contributed by atoms with Gasteiger partial charge in [0.25, 0.3) is 10.0 Å². The molecule has 240 valence electrons. The number of methoxy groups -OCH3 is 1. The summed E-state index contributed by atoms with van der Waals surface area (Å²) < 4.78 is 99.6. The van der Waals surface area contributed by atoms with E-state index in [0.717, 1.165) is 61.8 Å². The number of fused-ring (bicyclic) bond motifs is 1. The maximum absolute atomic E-state index is 14.9. The number of rotatable bonds is 11. The third-order valence-electron chi connectivity index (χ3n) is 7.46. The lowest BCUT2D eigenvalue weighted by atomic mass is 10.0. The summed E-state index contributed by atoms with van der Waals surface area (Å²) in [5.74, 6) is 0.860. The van der Waals surface area contributed by atoms with Crippen molar-refractivity contribution >= 4 is 26.6 Å². The summed E-state index contributed by atoms with van der Waals surface area (Å²) in [6.07, 6.45) is -1.58. The van der Waals surface area contributed by atoms with Crippen LogP contribution in [0.25, 0.3) is 10.9 Å². The number of sulfonamides is 1. The Morgan fingerprint density at radius 1 is 1.04 bits per heavy atom. The minimum absolute atomic E-state index is 0.00462. The molecule has 1 aliphatic heterocycles. The first kappa shape index (κ1) is 32.3. The molecule has 0 saturated carbocycles. The van der Waals surface area contributed by atoms with Gasteiger partial charge in [-0.3, -0.25) is 4.72 Å². The first-order chi connectivity index (χ1) is 21.4. The van der Waals surface area contributed by atoms with Crippen LogP contribution >= 0.6 is 0 Å². The van der Waals surface area contributed by atoms with E-state index in [0.29, 0.717) is 35.6 Å². The fourth-order valence-corrected chi connectivity index (χ4v) is 6.60. The second kappa shape index (κ2) is 13.5. The van der Waals surface area contributed by atoms with Crippen LogP contribution in [0, 0.1) is 11.7 Å². The number of alkyl halides is 3. The molecule has 5 rings (SSSR count). The van der Waals surface area contributed by atoms with Crippen molar-refractivity contribution < 1.29 is 40.2 Å². The van der Waals surface area contributed by atoms with Gasteiger partial charge in [-0.25, -0.2) is 17.8 Å². The minimum Gasteiger partial charge on any atom is -0.493 e. The third kappa shape index (κ3) is 7.95. The molecule has 1 unspecified atom stereocenters. The number of benzene rings is 3. The second-order valence-electron chi connectivity index (χ2n) is 10.9. The quantitative estimate of drug-likeness (QED) is 0.133. The monoisotopic (exact) mass is 647 g/mol. The van der Waals surface area contributed by atoms with Crippen LogP contribution < -0.4 is 18.9 Å². The van der Waals surface area contributed by atoms with Crippen LogP contribution in [-0.4, -0.2) is 51.7 Å². The van der Waals surface area contributed by atoms with Crippen molar-refractivity contribution in [3.63, 3.8) is 0 Å². The first-order valence-electron chi connectivity index (χ1n) is 14.4.